The van der Waals surface area contributed by atoms with Gasteiger partial charge in [0, 0.05) is 11.6 Å². The second-order valence-corrected chi connectivity index (χ2v) is 5.66. The van der Waals surface area contributed by atoms with Crippen LogP contribution < -0.4 is 4.72 Å². The molecule has 0 saturated carbocycles. The van der Waals surface area contributed by atoms with Crippen LogP contribution in [0.5, 0.6) is 0 Å². The number of rotatable bonds is 5. The van der Waals surface area contributed by atoms with Crippen molar-refractivity contribution in [2.75, 3.05) is 17.1 Å². The van der Waals surface area contributed by atoms with Crippen LogP contribution in [0.15, 0.2) is 18.2 Å². The summed E-state index contributed by atoms with van der Waals surface area (Å²) < 4.78 is 25.6. The molecule has 0 fully saturated rings. The summed E-state index contributed by atoms with van der Waals surface area (Å²) in [6.45, 7) is 1.60. The van der Waals surface area contributed by atoms with Crippen LogP contribution in [-0.2, 0) is 10.0 Å². The molecule has 0 amide bonds. The summed E-state index contributed by atoms with van der Waals surface area (Å²) in [5.74, 6) is -0.102. The van der Waals surface area contributed by atoms with Gasteiger partial charge in [-0.1, -0.05) is 17.7 Å². The second-order valence-electron chi connectivity index (χ2n) is 3.41. The standard InChI is InChI=1S/C10H14ClNO3S/c1-8-9(11)4-2-5-10(8)12-16(14,15)7-3-6-13/h2,4-5,12-13H,3,6-7H2,1H3. The average molecular weight is 264 g/mol. The van der Waals surface area contributed by atoms with Crippen LogP contribution in [-0.4, -0.2) is 25.9 Å². The van der Waals surface area contributed by atoms with E-state index in [2.05, 4.69) is 4.72 Å². The van der Waals surface area contributed by atoms with Gasteiger partial charge in [-0.25, -0.2) is 8.42 Å². The number of halogens is 1. The highest BCUT2D eigenvalue weighted by Gasteiger charge is 2.11. The van der Waals surface area contributed by atoms with E-state index in [1.165, 1.54) is 0 Å². The fourth-order valence-corrected chi connectivity index (χ4v) is 2.53. The lowest BCUT2D eigenvalue weighted by atomic mass is 10.2. The molecular formula is C10H14ClNO3S. The van der Waals surface area contributed by atoms with Gasteiger partial charge in [0.2, 0.25) is 10.0 Å². The smallest absolute Gasteiger partial charge is 0.232 e. The second kappa shape index (κ2) is 5.52. The Morgan fingerprint density at radius 2 is 2.12 bits per heavy atom. The van der Waals surface area contributed by atoms with E-state index >= 15 is 0 Å². The van der Waals surface area contributed by atoms with Gasteiger partial charge in [0.1, 0.15) is 0 Å². The van der Waals surface area contributed by atoms with E-state index in [0.717, 1.165) is 0 Å². The first-order valence-corrected chi connectivity index (χ1v) is 6.86. The molecule has 6 heteroatoms. The Hall–Kier alpha value is -0.780. The van der Waals surface area contributed by atoms with Crippen LogP contribution in [0.4, 0.5) is 5.69 Å². The molecule has 1 aromatic rings. The zero-order chi connectivity index (χ0) is 12.2. The highest BCUT2D eigenvalue weighted by atomic mass is 35.5. The first-order valence-electron chi connectivity index (χ1n) is 4.83. The van der Waals surface area contributed by atoms with Crippen molar-refractivity contribution in [1.29, 1.82) is 0 Å². The van der Waals surface area contributed by atoms with Gasteiger partial charge in [0.05, 0.1) is 11.4 Å². The van der Waals surface area contributed by atoms with E-state index in [1.807, 2.05) is 0 Å². The van der Waals surface area contributed by atoms with Gasteiger partial charge in [-0.2, -0.15) is 0 Å². The lowest BCUT2D eigenvalue weighted by Gasteiger charge is -2.10. The molecule has 1 aromatic carbocycles. The van der Waals surface area contributed by atoms with Gasteiger partial charge in [-0.05, 0) is 31.0 Å². The van der Waals surface area contributed by atoms with Crippen molar-refractivity contribution in [3.05, 3.63) is 28.8 Å². The minimum absolute atomic E-state index is 0.102. The minimum Gasteiger partial charge on any atom is -0.396 e. The first kappa shape index (κ1) is 13.3. The van der Waals surface area contributed by atoms with E-state index in [-0.39, 0.29) is 18.8 Å². The van der Waals surface area contributed by atoms with Gasteiger partial charge < -0.3 is 5.11 Å². The topological polar surface area (TPSA) is 66.4 Å². The summed E-state index contributed by atoms with van der Waals surface area (Å²) in [6, 6.07) is 5.03. The Morgan fingerprint density at radius 1 is 1.44 bits per heavy atom. The van der Waals surface area contributed by atoms with Crippen LogP contribution in [0, 0.1) is 6.92 Å². The summed E-state index contributed by atoms with van der Waals surface area (Å²) >= 11 is 5.87. The fraction of sp³-hybridized carbons (Fsp3) is 0.400. The van der Waals surface area contributed by atoms with E-state index in [4.69, 9.17) is 16.7 Å². The number of hydrogen-bond acceptors (Lipinski definition) is 3. The average Bonchev–Trinajstić information content (AvgIpc) is 2.22. The van der Waals surface area contributed by atoms with Crippen molar-refractivity contribution in [1.82, 2.24) is 0 Å². The number of hydrogen-bond donors (Lipinski definition) is 2. The van der Waals surface area contributed by atoms with E-state index in [1.54, 1.807) is 25.1 Å². The zero-order valence-electron chi connectivity index (χ0n) is 8.90. The number of sulfonamides is 1. The van der Waals surface area contributed by atoms with Crippen molar-refractivity contribution in [3.63, 3.8) is 0 Å². The maximum absolute atomic E-state index is 11.6. The van der Waals surface area contributed by atoms with Gasteiger partial charge >= 0.3 is 0 Å². The summed E-state index contributed by atoms with van der Waals surface area (Å²) in [4.78, 5) is 0. The third-order valence-electron chi connectivity index (χ3n) is 2.10. The zero-order valence-corrected chi connectivity index (χ0v) is 10.5. The van der Waals surface area contributed by atoms with Crippen LogP contribution in [0.3, 0.4) is 0 Å². The third-order valence-corrected chi connectivity index (χ3v) is 3.87. The number of aliphatic hydroxyl groups excluding tert-OH is 1. The maximum atomic E-state index is 11.6. The van der Waals surface area contributed by atoms with E-state index < -0.39 is 10.0 Å². The fourth-order valence-electron chi connectivity index (χ4n) is 1.19. The summed E-state index contributed by atoms with van der Waals surface area (Å²) in [7, 11) is -3.40. The molecule has 0 heterocycles. The van der Waals surface area contributed by atoms with Gasteiger partial charge in [-0.15, -0.1) is 0 Å². The van der Waals surface area contributed by atoms with Gasteiger partial charge in [0.15, 0.2) is 0 Å². The maximum Gasteiger partial charge on any atom is 0.232 e. The normalized spacial score (nSPS) is 11.4. The molecule has 0 aliphatic heterocycles. The Kier molecular flexibility index (Phi) is 4.58. The van der Waals surface area contributed by atoms with Gasteiger partial charge in [0.25, 0.3) is 0 Å². The molecular weight excluding hydrogens is 250 g/mol. The largest absolute Gasteiger partial charge is 0.396 e. The van der Waals surface area contributed by atoms with Crippen LogP contribution in [0.25, 0.3) is 0 Å². The summed E-state index contributed by atoms with van der Waals surface area (Å²) in [5, 5.41) is 9.10. The lowest BCUT2D eigenvalue weighted by Crippen LogP contribution is -2.18. The van der Waals surface area contributed by atoms with Crippen molar-refractivity contribution in [2.45, 2.75) is 13.3 Å². The van der Waals surface area contributed by atoms with Crippen LogP contribution in [0.2, 0.25) is 5.02 Å². The Bertz CT molecular complexity index is 459. The minimum atomic E-state index is -3.40. The molecule has 0 radical (unpaired) electrons. The number of anilines is 1. The lowest BCUT2D eigenvalue weighted by molar-refractivity contribution is 0.295. The highest BCUT2D eigenvalue weighted by Crippen LogP contribution is 2.23. The van der Waals surface area contributed by atoms with Crippen molar-refractivity contribution < 1.29 is 13.5 Å². The van der Waals surface area contributed by atoms with Crippen molar-refractivity contribution >= 4 is 27.3 Å². The van der Waals surface area contributed by atoms with Crippen molar-refractivity contribution in [2.24, 2.45) is 0 Å². The molecule has 0 unspecified atom stereocenters. The molecule has 1 rings (SSSR count). The first-order chi connectivity index (χ1) is 7.46. The predicted octanol–water partition coefficient (Wildman–Crippen LogP) is 1.77. The molecule has 90 valence electrons. The summed E-state index contributed by atoms with van der Waals surface area (Å²) in [5.41, 5.74) is 1.17. The SMILES string of the molecule is Cc1c(Cl)cccc1NS(=O)(=O)CCCO. The molecule has 0 atom stereocenters. The molecule has 0 spiro atoms. The van der Waals surface area contributed by atoms with E-state index in [9.17, 15) is 8.42 Å². The number of aliphatic hydroxyl groups is 1. The molecule has 0 aliphatic rings. The Balaban J connectivity index is 2.84. The number of nitrogens with one attached hydrogen (secondary N) is 1. The molecule has 0 aromatic heterocycles. The molecule has 0 aliphatic carbocycles. The van der Waals surface area contributed by atoms with Crippen LogP contribution >= 0.6 is 11.6 Å². The summed E-state index contributed by atoms with van der Waals surface area (Å²) in [6.07, 6.45) is 0.217. The Morgan fingerprint density at radius 3 is 2.75 bits per heavy atom. The molecule has 2 N–H and O–H groups in total. The molecule has 4 nitrogen and oxygen atoms in total. The molecule has 0 saturated heterocycles. The molecule has 16 heavy (non-hydrogen) atoms. The quantitative estimate of drug-likeness (QED) is 0.851. The molecule has 0 bridgehead atoms. The third kappa shape index (κ3) is 3.66. The predicted molar refractivity (Wildman–Crippen MR) is 65.3 cm³/mol. The van der Waals surface area contributed by atoms with Crippen LogP contribution in [0.1, 0.15) is 12.0 Å². The van der Waals surface area contributed by atoms with E-state index in [0.29, 0.717) is 16.3 Å². The van der Waals surface area contributed by atoms with Crippen molar-refractivity contribution in [3.8, 4) is 0 Å². The van der Waals surface area contributed by atoms with Gasteiger partial charge in [-0.3, -0.25) is 4.72 Å². The number of benzene rings is 1. The monoisotopic (exact) mass is 263 g/mol. The Labute approximate surface area is 100 Å². The highest BCUT2D eigenvalue weighted by molar-refractivity contribution is 7.92.